The van der Waals surface area contributed by atoms with Crippen LogP contribution >= 0.6 is 0 Å². The molecule has 0 amide bonds. The summed E-state index contributed by atoms with van der Waals surface area (Å²) in [5.74, 6) is 0.859. The van der Waals surface area contributed by atoms with E-state index in [1.807, 2.05) is 30.3 Å². The van der Waals surface area contributed by atoms with E-state index in [-0.39, 0.29) is 6.04 Å². The van der Waals surface area contributed by atoms with Crippen LogP contribution in [0.2, 0.25) is 0 Å². The molecule has 3 nitrogen and oxygen atoms in total. The van der Waals surface area contributed by atoms with Crippen LogP contribution in [-0.4, -0.2) is 12.1 Å². The average Bonchev–Trinajstić information content (AvgIpc) is 2.41. The van der Waals surface area contributed by atoms with E-state index in [1.54, 1.807) is 13.3 Å². The molecule has 1 unspecified atom stereocenters. The second kappa shape index (κ2) is 5.54. The van der Waals surface area contributed by atoms with E-state index < -0.39 is 0 Å². The lowest BCUT2D eigenvalue weighted by Crippen LogP contribution is -2.09. The molecule has 0 bridgehead atoms. The molecule has 1 atom stereocenters. The minimum absolute atomic E-state index is 0.141. The molecule has 0 fully saturated rings. The minimum Gasteiger partial charge on any atom is -0.495 e. The number of hydrogen-bond acceptors (Lipinski definition) is 3. The molecule has 0 aliphatic rings. The van der Waals surface area contributed by atoms with Crippen molar-refractivity contribution in [2.45, 2.75) is 19.9 Å². The molecule has 0 saturated carbocycles. The lowest BCUT2D eigenvalue weighted by molar-refractivity contribution is 0.415. The van der Waals surface area contributed by atoms with Crippen LogP contribution in [0, 0.1) is 6.92 Å². The Bertz CT molecular complexity index is 511. The Kier molecular flexibility index (Phi) is 3.82. The lowest BCUT2D eigenvalue weighted by atomic mass is 10.1. The maximum atomic E-state index is 5.38. The average molecular weight is 242 g/mol. The van der Waals surface area contributed by atoms with Crippen molar-refractivity contribution < 1.29 is 4.74 Å². The molecular formula is C15H18N2O. The summed E-state index contributed by atoms with van der Waals surface area (Å²) >= 11 is 0. The van der Waals surface area contributed by atoms with Crippen LogP contribution in [0.15, 0.2) is 42.6 Å². The maximum absolute atomic E-state index is 5.38. The van der Waals surface area contributed by atoms with Crippen LogP contribution in [-0.2, 0) is 0 Å². The highest BCUT2D eigenvalue weighted by molar-refractivity contribution is 5.58. The van der Waals surface area contributed by atoms with Gasteiger partial charge >= 0.3 is 0 Å². The number of methoxy groups -OCH3 is 1. The third-order valence-corrected chi connectivity index (χ3v) is 2.86. The molecule has 1 aromatic carbocycles. The highest BCUT2D eigenvalue weighted by Crippen LogP contribution is 2.28. The van der Waals surface area contributed by atoms with E-state index in [2.05, 4.69) is 30.2 Å². The van der Waals surface area contributed by atoms with Gasteiger partial charge in [0.1, 0.15) is 5.75 Å². The van der Waals surface area contributed by atoms with Gasteiger partial charge in [-0.25, -0.2) is 0 Å². The second-order valence-corrected chi connectivity index (χ2v) is 4.32. The Morgan fingerprint density at radius 2 is 2.06 bits per heavy atom. The predicted molar refractivity (Wildman–Crippen MR) is 74.0 cm³/mol. The van der Waals surface area contributed by atoms with Crippen LogP contribution in [0.3, 0.4) is 0 Å². The molecule has 0 aliphatic carbocycles. The quantitative estimate of drug-likeness (QED) is 0.890. The zero-order chi connectivity index (χ0) is 13.0. The summed E-state index contributed by atoms with van der Waals surface area (Å²) in [4.78, 5) is 4.34. The SMILES string of the molecule is COc1cc(C)ccc1NC(C)c1ccccn1. The highest BCUT2D eigenvalue weighted by atomic mass is 16.5. The molecule has 1 heterocycles. The summed E-state index contributed by atoms with van der Waals surface area (Å²) < 4.78 is 5.38. The van der Waals surface area contributed by atoms with Crippen LogP contribution in [0.5, 0.6) is 5.75 Å². The Hall–Kier alpha value is -2.03. The van der Waals surface area contributed by atoms with Crippen molar-refractivity contribution in [2.24, 2.45) is 0 Å². The topological polar surface area (TPSA) is 34.1 Å². The lowest BCUT2D eigenvalue weighted by Gasteiger charge is -2.17. The molecule has 0 aliphatic heterocycles. The van der Waals surface area contributed by atoms with Crippen LogP contribution in [0.1, 0.15) is 24.2 Å². The van der Waals surface area contributed by atoms with E-state index in [4.69, 9.17) is 4.74 Å². The number of aryl methyl sites for hydroxylation is 1. The van der Waals surface area contributed by atoms with Crippen LogP contribution < -0.4 is 10.1 Å². The number of nitrogens with zero attached hydrogens (tertiary/aromatic N) is 1. The van der Waals surface area contributed by atoms with E-state index in [0.29, 0.717) is 0 Å². The van der Waals surface area contributed by atoms with Crippen molar-refractivity contribution in [2.75, 3.05) is 12.4 Å². The molecule has 3 heteroatoms. The van der Waals surface area contributed by atoms with Gasteiger partial charge in [-0.3, -0.25) is 4.98 Å². The maximum Gasteiger partial charge on any atom is 0.142 e. The first-order valence-electron chi connectivity index (χ1n) is 6.03. The summed E-state index contributed by atoms with van der Waals surface area (Å²) in [6.45, 7) is 4.14. The molecule has 2 rings (SSSR count). The van der Waals surface area contributed by atoms with Gasteiger partial charge in [-0.05, 0) is 43.7 Å². The predicted octanol–water partition coefficient (Wildman–Crippen LogP) is 3.57. The summed E-state index contributed by atoms with van der Waals surface area (Å²) in [5, 5.41) is 3.42. The molecule has 94 valence electrons. The van der Waals surface area contributed by atoms with Gasteiger partial charge in [-0.1, -0.05) is 12.1 Å². The Labute approximate surface area is 108 Å². The van der Waals surface area contributed by atoms with Crippen molar-refractivity contribution in [3.8, 4) is 5.75 Å². The van der Waals surface area contributed by atoms with Crippen molar-refractivity contribution >= 4 is 5.69 Å². The molecule has 0 radical (unpaired) electrons. The largest absolute Gasteiger partial charge is 0.495 e. The first kappa shape index (κ1) is 12.4. The monoisotopic (exact) mass is 242 g/mol. The summed E-state index contributed by atoms with van der Waals surface area (Å²) in [6, 6.07) is 12.2. The number of ether oxygens (including phenoxy) is 1. The van der Waals surface area contributed by atoms with Crippen molar-refractivity contribution in [3.63, 3.8) is 0 Å². The number of benzene rings is 1. The summed E-state index contributed by atoms with van der Waals surface area (Å²) in [7, 11) is 1.69. The van der Waals surface area contributed by atoms with Gasteiger partial charge in [0.2, 0.25) is 0 Å². The second-order valence-electron chi connectivity index (χ2n) is 4.32. The van der Waals surface area contributed by atoms with Gasteiger partial charge in [0.15, 0.2) is 0 Å². The van der Waals surface area contributed by atoms with Crippen molar-refractivity contribution in [3.05, 3.63) is 53.9 Å². The van der Waals surface area contributed by atoms with Gasteiger partial charge in [0.25, 0.3) is 0 Å². The Balaban J connectivity index is 2.19. The zero-order valence-corrected chi connectivity index (χ0v) is 11.0. The molecule has 2 aromatic rings. The fraction of sp³-hybridized carbons (Fsp3) is 0.267. The van der Waals surface area contributed by atoms with Crippen LogP contribution in [0.4, 0.5) is 5.69 Å². The highest BCUT2D eigenvalue weighted by Gasteiger charge is 2.09. The van der Waals surface area contributed by atoms with Crippen LogP contribution in [0.25, 0.3) is 0 Å². The van der Waals surface area contributed by atoms with Crippen molar-refractivity contribution in [1.29, 1.82) is 0 Å². The number of pyridine rings is 1. The van der Waals surface area contributed by atoms with E-state index in [9.17, 15) is 0 Å². The van der Waals surface area contributed by atoms with Gasteiger partial charge in [0.05, 0.1) is 24.5 Å². The van der Waals surface area contributed by atoms with E-state index >= 15 is 0 Å². The molecule has 0 spiro atoms. The molecule has 1 aromatic heterocycles. The Morgan fingerprint density at radius 1 is 1.22 bits per heavy atom. The number of nitrogens with one attached hydrogen (secondary N) is 1. The standard InChI is InChI=1S/C15H18N2O/c1-11-7-8-14(15(10-11)18-3)17-12(2)13-6-4-5-9-16-13/h4-10,12,17H,1-3H3. The van der Waals surface area contributed by atoms with Gasteiger partial charge in [-0.2, -0.15) is 0 Å². The smallest absolute Gasteiger partial charge is 0.142 e. The van der Waals surface area contributed by atoms with Gasteiger partial charge < -0.3 is 10.1 Å². The van der Waals surface area contributed by atoms with E-state index in [0.717, 1.165) is 17.1 Å². The van der Waals surface area contributed by atoms with Gasteiger partial charge in [-0.15, -0.1) is 0 Å². The van der Waals surface area contributed by atoms with Crippen molar-refractivity contribution in [1.82, 2.24) is 4.98 Å². The zero-order valence-electron chi connectivity index (χ0n) is 11.0. The third kappa shape index (κ3) is 2.80. The summed E-state index contributed by atoms with van der Waals surface area (Å²) in [6.07, 6.45) is 1.81. The third-order valence-electron chi connectivity index (χ3n) is 2.86. The number of aromatic nitrogens is 1. The number of hydrogen-bond donors (Lipinski definition) is 1. The number of rotatable bonds is 4. The molecule has 0 saturated heterocycles. The fourth-order valence-electron chi connectivity index (χ4n) is 1.86. The first-order valence-corrected chi connectivity index (χ1v) is 6.03. The Morgan fingerprint density at radius 3 is 2.72 bits per heavy atom. The normalized spacial score (nSPS) is 11.9. The minimum atomic E-state index is 0.141. The fourth-order valence-corrected chi connectivity index (χ4v) is 1.86. The summed E-state index contributed by atoms with van der Waals surface area (Å²) in [5.41, 5.74) is 3.18. The first-order chi connectivity index (χ1) is 8.70. The molecular weight excluding hydrogens is 224 g/mol. The number of anilines is 1. The van der Waals surface area contributed by atoms with Gasteiger partial charge in [0, 0.05) is 6.20 Å². The molecule has 18 heavy (non-hydrogen) atoms. The van der Waals surface area contributed by atoms with E-state index in [1.165, 1.54) is 5.56 Å². The molecule has 1 N–H and O–H groups in total.